The highest BCUT2D eigenvalue weighted by atomic mass is 16.5. The Morgan fingerprint density at radius 2 is 2.14 bits per heavy atom. The number of ether oxygens (including phenoxy) is 1. The number of carbonyl (C=O) groups excluding carboxylic acids is 2. The van der Waals surface area contributed by atoms with Crippen LogP contribution in [0.25, 0.3) is 0 Å². The van der Waals surface area contributed by atoms with Crippen LogP contribution in [0, 0.1) is 5.41 Å². The Morgan fingerprint density at radius 3 is 2.81 bits per heavy atom. The summed E-state index contributed by atoms with van der Waals surface area (Å²) in [6.45, 7) is 0.645. The Morgan fingerprint density at radius 1 is 1.38 bits per heavy atom. The molecule has 21 heavy (non-hydrogen) atoms. The van der Waals surface area contributed by atoms with Gasteiger partial charge in [0.05, 0.1) is 18.4 Å². The van der Waals surface area contributed by atoms with E-state index in [4.69, 9.17) is 4.74 Å². The van der Waals surface area contributed by atoms with Crippen molar-refractivity contribution in [2.45, 2.75) is 25.3 Å². The number of phenols is 1. The largest absolute Gasteiger partial charge is 0.504 e. The number of fused-ring (bicyclic) bond motifs is 2. The van der Waals surface area contributed by atoms with Gasteiger partial charge >= 0.3 is 0 Å². The minimum absolute atomic E-state index is 0.0925. The van der Waals surface area contributed by atoms with Crippen molar-refractivity contribution in [3.8, 4) is 11.5 Å². The Kier molecular flexibility index (Phi) is 2.32. The lowest BCUT2D eigenvalue weighted by atomic mass is 10.0. The van der Waals surface area contributed by atoms with Gasteiger partial charge in [0, 0.05) is 12.6 Å². The van der Waals surface area contributed by atoms with Crippen molar-refractivity contribution in [2.24, 2.45) is 5.41 Å². The number of carbonyl (C=O) groups is 2. The summed E-state index contributed by atoms with van der Waals surface area (Å²) in [4.78, 5) is 26.8. The van der Waals surface area contributed by atoms with Crippen LogP contribution in [-0.4, -0.2) is 41.5 Å². The van der Waals surface area contributed by atoms with Gasteiger partial charge in [-0.25, -0.2) is 0 Å². The first-order chi connectivity index (χ1) is 10.0. The summed E-state index contributed by atoms with van der Waals surface area (Å²) < 4.78 is 5.06. The van der Waals surface area contributed by atoms with Gasteiger partial charge in [0.15, 0.2) is 11.5 Å². The van der Waals surface area contributed by atoms with Crippen LogP contribution in [0.15, 0.2) is 12.1 Å². The molecule has 1 aromatic carbocycles. The quantitative estimate of drug-likeness (QED) is 0.817. The number of nitrogens with one attached hydrogen (secondary N) is 1. The van der Waals surface area contributed by atoms with Crippen LogP contribution in [-0.2, 0) is 4.79 Å². The number of hydrogen-bond acceptors (Lipinski definition) is 4. The molecule has 1 aromatic rings. The third-order valence-electron chi connectivity index (χ3n) is 4.84. The van der Waals surface area contributed by atoms with Gasteiger partial charge in [0.1, 0.15) is 6.04 Å². The van der Waals surface area contributed by atoms with E-state index in [1.54, 1.807) is 4.90 Å². The van der Waals surface area contributed by atoms with Crippen molar-refractivity contribution in [3.05, 3.63) is 17.7 Å². The minimum Gasteiger partial charge on any atom is -0.504 e. The number of hydrogen-bond donors (Lipinski definition) is 2. The molecular formula is C15H16N2O4. The molecule has 1 atom stereocenters. The Hall–Kier alpha value is -2.24. The first-order valence-corrected chi connectivity index (χ1v) is 7.06. The average molecular weight is 288 g/mol. The average Bonchev–Trinajstić information content (AvgIpc) is 3.10. The molecule has 2 fully saturated rings. The van der Waals surface area contributed by atoms with E-state index in [1.165, 1.54) is 19.2 Å². The maximum absolute atomic E-state index is 12.8. The lowest BCUT2D eigenvalue weighted by molar-refractivity contribution is -0.119. The summed E-state index contributed by atoms with van der Waals surface area (Å²) in [6, 6.07) is 2.47. The highest BCUT2D eigenvalue weighted by Gasteiger charge is 2.56. The molecule has 1 aliphatic carbocycles. The lowest BCUT2D eigenvalue weighted by Crippen LogP contribution is -2.40. The van der Waals surface area contributed by atoms with E-state index in [0.717, 1.165) is 19.3 Å². The van der Waals surface area contributed by atoms with Crippen molar-refractivity contribution >= 4 is 17.5 Å². The SMILES string of the molecule is COc1cc2c(cc1O)NC(=O)C1CC3(CC3)CN1C2=O. The highest BCUT2D eigenvalue weighted by Crippen LogP contribution is 2.55. The fourth-order valence-electron chi connectivity index (χ4n) is 3.43. The molecular weight excluding hydrogens is 272 g/mol. The smallest absolute Gasteiger partial charge is 0.256 e. The summed E-state index contributed by atoms with van der Waals surface area (Å²) >= 11 is 0. The molecule has 6 heteroatoms. The number of phenolic OH excluding ortho intramolecular Hbond substituents is 1. The van der Waals surface area contributed by atoms with Crippen LogP contribution >= 0.6 is 0 Å². The van der Waals surface area contributed by atoms with Crippen molar-refractivity contribution in [1.82, 2.24) is 4.90 Å². The van der Waals surface area contributed by atoms with Gasteiger partial charge in [-0.15, -0.1) is 0 Å². The maximum atomic E-state index is 12.8. The molecule has 0 bridgehead atoms. The van der Waals surface area contributed by atoms with Crippen molar-refractivity contribution in [2.75, 3.05) is 19.0 Å². The van der Waals surface area contributed by atoms with Crippen LogP contribution in [0.2, 0.25) is 0 Å². The number of methoxy groups -OCH3 is 1. The van der Waals surface area contributed by atoms with Crippen molar-refractivity contribution < 1.29 is 19.4 Å². The second-order valence-corrected chi connectivity index (χ2v) is 6.21. The van der Waals surface area contributed by atoms with E-state index < -0.39 is 6.04 Å². The fraction of sp³-hybridized carbons (Fsp3) is 0.467. The molecule has 1 saturated carbocycles. The zero-order chi connectivity index (χ0) is 14.8. The summed E-state index contributed by atoms with van der Waals surface area (Å²) in [5.74, 6) is -0.203. The zero-order valence-electron chi connectivity index (χ0n) is 11.7. The Balaban J connectivity index is 1.80. The lowest BCUT2D eigenvalue weighted by Gasteiger charge is -2.20. The van der Waals surface area contributed by atoms with Crippen LogP contribution < -0.4 is 10.1 Å². The number of rotatable bonds is 1. The fourth-order valence-corrected chi connectivity index (χ4v) is 3.43. The predicted octanol–water partition coefficient (Wildman–Crippen LogP) is 1.35. The molecule has 1 unspecified atom stereocenters. The summed E-state index contributed by atoms with van der Waals surface area (Å²) in [5.41, 5.74) is 0.886. The molecule has 2 heterocycles. The number of benzene rings is 1. The number of amides is 2. The first kappa shape index (κ1) is 12.5. The molecule has 1 saturated heterocycles. The van der Waals surface area contributed by atoms with Gasteiger partial charge in [0.25, 0.3) is 5.91 Å². The van der Waals surface area contributed by atoms with Gasteiger partial charge in [-0.1, -0.05) is 0 Å². The van der Waals surface area contributed by atoms with Crippen LogP contribution in [0.1, 0.15) is 29.6 Å². The van der Waals surface area contributed by atoms with E-state index in [1.807, 2.05) is 0 Å². The zero-order valence-corrected chi connectivity index (χ0v) is 11.7. The molecule has 2 amide bonds. The van der Waals surface area contributed by atoms with Gasteiger partial charge in [-0.2, -0.15) is 0 Å². The summed E-state index contributed by atoms with van der Waals surface area (Å²) in [5, 5.41) is 12.6. The molecule has 2 N–H and O–H groups in total. The van der Waals surface area contributed by atoms with Crippen LogP contribution in [0.3, 0.4) is 0 Å². The second-order valence-electron chi connectivity index (χ2n) is 6.21. The molecule has 6 nitrogen and oxygen atoms in total. The van der Waals surface area contributed by atoms with Crippen molar-refractivity contribution in [1.29, 1.82) is 0 Å². The van der Waals surface area contributed by atoms with Gasteiger partial charge in [-0.05, 0) is 30.7 Å². The predicted molar refractivity (Wildman–Crippen MR) is 74.4 cm³/mol. The number of aromatic hydroxyl groups is 1. The maximum Gasteiger partial charge on any atom is 0.256 e. The van der Waals surface area contributed by atoms with Gasteiger partial charge < -0.3 is 20.1 Å². The summed E-state index contributed by atoms with van der Waals surface area (Å²) in [6.07, 6.45) is 2.92. The first-order valence-electron chi connectivity index (χ1n) is 7.06. The monoisotopic (exact) mass is 288 g/mol. The third kappa shape index (κ3) is 1.71. The van der Waals surface area contributed by atoms with E-state index in [-0.39, 0.29) is 28.7 Å². The normalized spacial score (nSPS) is 25.2. The molecule has 2 aliphatic heterocycles. The van der Waals surface area contributed by atoms with E-state index in [9.17, 15) is 14.7 Å². The summed E-state index contributed by atoms with van der Waals surface area (Å²) in [7, 11) is 1.43. The number of nitrogens with zero attached hydrogens (tertiary/aromatic N) is 1. The standard InChI is InChI=1S/C15H16N2O4/c1-21-12-4-8-9(5-11(12)18)16-13(19)10-6-15(2-3-15)7-17(10)14(8)20/h4-5,10,18H,2-3,6-7H2,1H3,(H,16,19). The molecule has 4 rings (SSSR count). The number of anilines is 1. The van der Waals surface area contributed by atoms with E-state index >= 15 is 0 Å². The van der Waals surface area contributed by atoms with Crippen LogP contribution in [0.5, 0.6) is 11.5 Å². The van der Waals surface area contributed by atoms with E-state index in [0.29, 0.717) is 17.8 Å². The second kappa shape index (κ2) is 3.90. The molecule has 0 aromatic heterocycles. The topological polar surface area (TPSA) is 78.9 Å². The van der Waals surface area contributed by atoms with E-state index in [2.05, 4.69) is 5.32 Å². The van der Waals surface area contributed by atoms with Gasteiger partial charge in [-0.3, -0.25) is 9.59 Å². The molecule has 0 radical (unpaired) electrons. The van der Waals surface area contributed by atoms with Crippen molar-refractivity contribution in [3.63, 3.8) is 0 Å². The molecule has 110 valence electrons. The minimum atomic E-state index is -0.402. The Bertz CT molecular complexity index is 666. The molecule has 1 spiro atoms. The van der Waals surface area contributed by atoms with Gasteiger partial charge in [0.2, 0.25) is 5.91 Å². The third-order valence-corrected chi connectivity index (χ3v) is 4.84. The van der Waals surface area contributed by atoms with Crippen LogP contribution in [0.4, 0.5) is 5.69 Å². The highest BCUT2D eigenvalue weighted by molar-refractivity contribution is 6.10. The Labute approximate surface area is 121 Å². The molecule has 3 aliphatic rings.